The van der Waals surface area contributed by atoms with E-state index in [-0.39, 0.29) is 6.04 Å². The number of alkyl halides is 1. The van der Waals surface area contributed by atoms with Crippen molar-refractivity contribution >= 4 is 0 Å². The minimum absolute atomic E-state index is 0.0527. The third-order valence-corrected chi connectivity index (χ3v) is 4.12. The second-order valence-corrected chi connectivity index (χ2v) is 5.72. The van der Waals surface area contributed by atoms with E-state index < -0.39 is 5.67 Å². The van der Waals surface area contributed by atoms with Crippen LogP contribution in [0.3, 0.4) is 0 Å². The van der Waals surface area contributed by atoms with Crippen molar-refractivity contribution in [2.24, 2.45) is 5.73 Å². The smallest absolute Gasteiger partial charge is 0.119 e. The summed E-state index contributed by atoms with van der Waals surface area (Å²) in [5, 5.41) is 4.52. The van der Waals surface area contributed by atoms with Crippen LogP contribution in [0.2, 0.25) is 0 Å². The quantitative estimate of drug-likeness (QED) is 0.877. The molecule has 94 valence electrons. The van der Waals surface area contributed by atoms with Crippen LogP contribution in [-0.4, -0.2) is 21.5 Å². The summed E-state index contributed by atoms with van der Waals surface area (Å²) in [6.45, 7) is 0. The molecule has 0 saturated heterocycles. The Balaban J connectivity index is 1.64. The number of aromatic nitrogens is 2. The molecular weight excluding hydrogens is 217 g/mol. The molecule has 2 saturated carbocycles. The number of rotatable bonds is 3. The molecule has 1 aromatic rings. The van der Waals surface area contributed by atoms with Crippen molar-refractivity contribution in [3.8, 4) is 0 Å². The lowest BCUT2D eigenvalue weighted by Gasteiger charge is -2.38. The summed E-state index contributed by atoms with van der Waals surface area (Å²) < 4.78 is 16.1. The summed E-state index contributed by atoms with van der Waals surface area (Å²) in [4.78, 5) is 0. The number of nitrogens with zero attached hydrogens (tertiary/aromatic N) is 2. The molecule has 2 N–H and O–H groups in total. The summed E-state index contributed by atoms with van der Waals surface area (Å²) in [5.41, 5.74) is 5.44. The molecule has 2 aliphatic carbocycles. The molecule has 2 fully saturated rings. The van der Waals surface area contributed by atoms with Gasteiger partial charge in [-0.05, 0) is 31.7 Å². The molecule has 0 aliphatic heterocycles. The predicted molar refractivity (Wildman–Crippen MR) is 64.5 cm³/mol. The van der Waals surface area contributed by atoms with Crippen LogP contribution in [0.4, 0.5) is 4.39 Å². The van der Waals surface area contributed by atoms with Gasteiger partial charge in [0.15, 0.2) is 0 Å². The van der Waals surface area contributed by atoms with E-state index >= 15 is 0 Å². The zero-order valence-corrected chi connectivity index (χ0v) is 10.1. The van der Waals surface area contributed by atoms with Gasteiger partial charge in [0.1, 0.15) is 5.67 Å². The zero-order valence-electron chi connectivity index (χ0n) is 10.1. The molecule has 0 aromatic carbocycles. The molecule has 0 bridgehead atoms. The number of halogens is 1. The topological polar surface area (TPSA) is 43.8 Å². The first-order valence-corrected chi connectivity index (χ1v) is 6.63. The van der Waals surface area contributed by atoms with E-state index in [2.05, 4.69) is 5.10 Å². The number of hydrogen-bond donors (Lipinski definition) is 1. The molecule has 0 unspecified atom stereocenters. The summed E-state index contributed by atoms with van der Waals surface area (Å²) >= 11 is 0. The summed E-state index contributed by atoms with van der Waals surface area (Å²) in [7, 11) is 0. The van der Waals surface area contributed by atoms with Crippen molar-refractivity contribution in [2.45, 2.75) is 62.7 Å². The minimum atomic E-state index is -1.09. The van der Waals surface area contributed by atoms with Gasteiger partial charge in [-0.1, -0.05) is 12.8 Å². The van der Waals surface area contributed by atoms with Gasteiger partial charge in [-0.15, -0.1) is 0 Å². The van der Waals surface area contributed by atoms with E-state index in [0.29, 0.717) is 25.3 Å². The second kappa shape index (κ2) is 4.09. The third kappa shape index (κ3) is 2.23. The molecule has 0 atom stereocenters. The maximum atomic E-state index is 14.1. The number of hydrogen-bond acceptors (Lipinski definition) is 2. The van der Waals surface area contributed by atoms with Crippen LogP contribution in [0, 0.1) is 0 Å². The highest BCUT2D eigenvalue weighted by Gasteiger charge is 2.43. The Labute approximate surface area is 101 Å². The van der Waals surface area contributed by atoms with E-state index in [1.807, 2.05) is 16.9 Å². The van der Waals surface area contributed by atoms with Crippen LogP contribution < -0.4 is 5.73 Å². The van der Waals surface area contributed by atoms with Gasteiger partial charge in [0.25, 0.3) is 0 Å². The third-order valence-electron chi connectivity index (χ3n) is 4.12. The van der Waals surface area contributed by atoms with E-state index in [1.165, 1.54) is 25.7 Å². The standard InChI is InChI=1S/C13H20FN3/c14-13(7-10(15)8-13)9-11-5-6-17(16-11)12-3-1-2-4-12/h5-6,10,12H,1-4,7-9,15H2. The Kier molecular flexibility index (Phi) is 2.69. The molecule has 0 radical (unpaired) electrons. The zero-order chi connectivity index (χ0) is 11.9. The first kappa shape index (κ1) is 11.2. The Morgan fingerprint density at radius 3 is 2.76 bits per heavy atom. The van der Waals surface area contributed by atoms with Crippen molar-refractivity contribution in [1.29, 1.82) is 0 Å². The molecule has 2 aliphatic rings. The van der Waals surface area contributed by atoms with Gasteiger partial charge >= 0.3 is 0 Å². The van der Waals surface area contributed by atoms with Crippen molar-refractivity contribution < 1.29 is 4.39 Å². The normalized spacial score (nSPS) is 33.9. The Hall–Kier alpha value is -0.900. The van der Waals surface area contributed by atoms with E-state index in [1.54, 1.807) is 0 Å². The first-order chi connectivity index (χ1) is 8.15. The average molecular weight is 237 g/mol. The SMILES string of the molecule is NC1CC(F)(Cc2ccn(C3CCCC3)n2)C1. The molecule has 1 heterocycles. The Bertz CT molecular complexity index is 389. The monoisotopic (exact) mass is 237 g/mol. The van der Waals surface area contributed by atoms with Gasteiger partial charge in [0, 0.05) is 18.7 Å². The molecule has 3 rings (SSSR count). The predicted octanol–water partition coefficient (Wildman–Crippen LogP) is 2.37. The van der Waals surface area contributed by atoms with Crippen LogP contribution in [0.1, 0.15) is 50.3 Å². The molecular formula is C13H20FN3. The van der Waals surface area contributed by atoms with Gasteiger partial charge < -0.3 is 5.73 Å². The van der Waals surface area contributed by atoms with Crippen molar-refractivity contribution in [2.75, 3.05) is 0 Å². The maximum absolute atomic E-state index is 14.1. The van der Waals surface area contributed by atoms with Crippen LogP contribution in [0.5, 0.6) is 0 Å². The van der Waals surface area contributed by atoms with Gasteiger partial charge in [0.2, 0.25) is 0 Å². The van der Waals surface area contributed by atoms with Gasteiger partial charge in [-0.25, -0.2) is 4.39 Å². The van der Waals surface area contributed by atoms with Crippen molar-refractivity contribution in [3.05, 3.63) is 18.0 Å². The van der Waals surface area contributed by atoms with Crippen LogP contribution in [0.25, 0.3) is 0 Å². The lowest BCUT2D eigenvalue weighted by molar-refractivity contribution is 0.0433. The van der Waals surface area contributed by atoms with Gasteiger partial charge in [0.05, 0.1) is 11.7 Å². The molecule has 0 spiro atoms. The Morgan fingerprint density at radius 1 is 1.41 bits per heavy atom. The van der Waals surface area contributed by atoms with Gasteiger partial charge in [-0.2, -0.15) is 5.10 Å². The lowest BCUT2D eigenvalue weighted by Crippen LogP contribution is -2.49. The summed E-state index contributed by atoms with van der Waals surface area (Å²) in [6.07, 6.45) is 8.43. The maximum Gasteiger partial charge on any atom is 0.119 e. The van der Waals surface area contributed by atoms with Crippen LogP contribution in [0.15, 0.2) is 12.3 Å². The summed E-state index contributed by atoms with van der Waals surface area (Å²) in [6, 6.07) is 2.56. The van der Waals surface area contributed by atoms with E-state index in [9.17, 15) is 4.39 Å². The highest BCUT2D eigenvalue weighted by Crippen LogP contribution is 2.38. The fourth-order valence-electron chi connectivity index (χ4n) is 3.19. The van der Waals surface area contributed by atoms with Crippen LogP contribution >= 0.6 is 0 Å². The minimum Gasteiger partial charge on any atom is -0.327 e. The van der Waals surface area contributed by atoms with Crippen LogP contribution in [-0.2, 0) is 6.42 Å². The van der Waals surface area contributed by atoms with E-state index in [0.717, 1.165) is 5.69 Å². The highest BCUT2D eigenvalue weighted by molar-refractivity contribution is 5.09. The Morgan fingerprint density at radius 2 is 2.12 bits per heavy atom. The molecule has 4 heteroatoms. The lowest BCUT2D eigenvalue weighted by atomic mass is 9.75. The second-order valence-electron chi connectivity index (χ2n) is 5.72. The van der Waals surface area contributed by atoms with E-state index in [4.69, 9.17) is 5.73 Å². The highest BCUT2D eigenvalue weighted by atomic mass is 19.1. The fraction of sp³-hybridized carbons (Fsp3) is 0.769. The molecule has 17 heavy (non-hydrogen) atoms. The molecule has 1 aromatic heterocycles. The van der Waals surface area contributed by atoms with Crippen molar-refractivity contribution in [3.63, 3.8) is 0 Å². The van der Waals surface area contributed by atoms with Crippen molar-refractivity contribution in [1.82, 2.24) is 9.78 Å². The average Bonchev–Trinajstić information content (AvgIpc) is 2.83. The fourth-order valence-corrected chi connectivity index (χ4v) is 3.19. The first-order valence-electron chi connectivity index (χ1n) is 6.63. The largest absolute Gasteiger partial charge is 0.327 e. The summed E-state index contributed by atoms with van der Waals surface area (Å²) in [5.74, 6) is 0. The van der Waals surface area contributed by atoms with Gasteiger partial charge in [-0.3, -0.25) is 4.68 Å². The number of nitrogens with two attached hydrogens (primary N) is 1. The molecule has 3 nitrogen and oxygen atoms in total. The molecule has 0 amide bonds.